The molecule has 1 amide bonds. The van der Waals surface area contributed by atoms with Crippen LogP contribution >= 0.6 is 11.3 Å². The van der Waals surface area contributed by atoms with E-state index in [2.05, 4.69) is 33.5 Å². The molecular formula is C19H22N4OS. The molecule has 130 valence electrons. The zero-order valence-electron chi connectivity index (χ0n) is 14.5. The highest BCUT2D eigenvalue weighted by Gasteiger charge is 2.14. The van der Waals surface area contributed by atoms with Crippen molar-refractivity contribution in [2.24, 2.45) is 0 Å². The summed E-state index contributed by atoms with van der Waals surface area (Å²) >= 11 is 1.66. The summed E-state index contributed by atoms with van der Waals surface area (Å²) < 4.78 is 0. The van der Waals surface area contributed by atoms with Gasteiger partial charge in [0.05, 0.1) is 5.39 Å². The Balaban J connectivity index is 1.79. The van der Waals surface area contributed by atoms with Gasteiger partial charge in [0.15, 0.2) is 0 Å². The van der Waals surface area contributed by atoms with Crippen LogP contribution in [0.4, 0.5) is 5.82 Å². The minimum absolute atomic E-state index is 0.0780. The molecule has 0 unspecified atom stereocenters. The minimum Gasteiger partial charge on any atom is -0.359 e. The summed E-state index contributed by atoms with van der Waals surface area (Å²) in [5, 5.41) is 3.94. The predicted molar refractivity (Wildman–Crippen MR) is 104 cm³/mol. The Hall–Kier alpha value is -2.47. The zero-order chi connectivity index (χ0) is 17.6. The van der Waals surface area contributed by atoms with Gasteiger partial charge in [0.1, 0.15) is 17.0 Å². The summed E-state index contributed by atoms with van der Waals surface area (Å²) in [6.45, 7) is 3.40. The Morgan fingerprint density at radius 3 is 2.80 bits per heavy atom. The number of rotatable bonds is 7. The Kier molecular flexibility index (Phi) is 5.60. The van der Waals surface area contributed by atoms with Gasteiger partial charge in [-0.25, -0.2) is 9.97 Å². The summed E-state index contributed by atoms with van der Waals surface area (Å²) in [6.07, 6.45) is 3.00. The average molecular weight is 354 g/mol. The second kappa shape index (κ2) is 8.07. The highest BCUT2D eigenvalue weighted by molar-refractivity contribution is 7.21. The predicted octanol–water partition coefficient (Wildman–Crippen LogP) is 3.71. The lowest BCUT2D eigenvalue weighted by Crippen LogP contribution is -2.29. The quantitative estimate of drug-likeness (QED) is 0.703. The van der Waals surface area contributed by atoms with Crippen LogP contribution in [-0.4, -0.2) is 36.0 Å². The van der Waals surface area contributed by atoms with Crippen molar-refractivity contribution < 1.29 is 4.79 Å². The van der Waals surface area contributed by atoms with Gasteiger partial charge in [0.2, 0.25) is 5.91 Å². The second-order valence-electron chi connectivity index (χ2n) is 5.91. The molecule has 0 bridgehead atoms. The summed E-state index contributed by atoms with van der Waals surface area (Å²) in [4.78, 5) is 24.8. The molecule has 2 heterocycles. The number of anilines is 1. The maximum Gasteiger partial charge on any atom is 0.221 e. The van der Waals surface area contributed by atoms with E-state index in [1.165, 1.54) is 10.4 Å². The van der Waals surface area contributed by atoms with Crippen molar-refractivity contribution in [3.63, 3.8) is 0 Å². The van der Waals surface area contributed by atoms with Gasteiger partial charge in [-0.15, -0.1) is 11.3 Å². The summed E-state index contributed by atoms with van der Waals surface area (Å²) in [7, 11) is 1.97. The van der Waals surface area contributed by atoms with E-state index in [-0.39, 0.29) is 5.91 Å². The Morgan fingerprint density at radius 2 is 2.04 bits per heavy atom. The third-order valence-corrected chi connectivity index (χ3v) is 5.07. The molecule has 3 rings (SSSR count). The first-order valence-electron chi connectivity index (χ1n) is 8.47. The molecule has 0 aliphatic heterocycles. The van der Waals surface area contributed by atoms with E-state index in [0.29, 0.717) is 13.0 Å². The normalized spacial score (nSPS) is 10.8. The standard InChI is InChI=1S/C19H22N4OS/c1-3-10-20-17(24)9-11-23(2)18-15-12-16(14-7-5-4-6-8-14)25-19(15)22-13-21-18/h4-8,12-13H,3,9-11H2,1-2H3,(H,20,24). The second-order valence-corrected chi connectivity index (χ2v) is 6.94. The first-order chi connectivity index (χ1) is 12.2. The van der Waals surface area contributed by atoms with E-state index in [0.717, 1.165) is 29.0 Å². The summed E-state index contributed by atoms with van der Waals surface area (Å²) in [6, 6.07) is 12.4. The molecular weight excluding hydrogens is 332 g/mol. The van der Waals surface area contributed by atoms with Crippen LogP contribution in [0, 0.1) is 0 Å². The van der Waals surface area contributed by atoms with Gasteiger partial charge < -0.3 is 10.2 Å². The van der Waals surface area contributed by atoms with Gasteiger partial charge in [0, 0.05) is 31.4 Å². The molecule has 3 aromatic rings. The van der Waals surface area contributed by atoms with Crippen molar-refractivity contribution in [1.82, 2.24) is 15.3 Å². The monoisotopic (exact) mass is 354 g/mol. The van der Waals surface area contributed by atoms with Crippen LogP contribution < -0.4 is 10.2 Å². The molecule has 5 nitrogen and oxygen atoms in total. The fourth-order valence-electron chi connectivity index (χ4n) is 2.62. The molecule has 0 fully saturated rings. The number of benzene rings is 1. The summed E-state index contributed by atoms with van der Waals surface area (Å²) in [5.74, 6) is 0.945. The Bertz CT molecular complexity index is 847. The number of aromatic nitrogens is 2. The molecule has 6 heteroatoms. The first-order valence-corrected chi connectivity index (χ1v) is 9.28. The average Bonchev–Trinajstić information content (AvgIpc) is 3.09. The van der Waals surface area contributed by atoms with Crippen LogP contribution in [0.2, 0.25) is 0 Å². The number of carbonyl (C=O) groups excluding carboxylic acids is 1. The van der Waals surface area contributed by atoms with E-state index >= 15 is 0 Å². The number of hydrogen-bond acceptors (Lipinski definition) is 5. The lowest BCUT2D eigenvalue weighted by molar-refractivity contribution is -0.120. The fraction of sp³-hybridized carbons (Fsp3) is 0.316. The molecule has 0 atom stereocenters. The number of thiophene rings is 1. The van der Waals surface area contributed by atoms with Crippen molar-refractivity contribution in [3.8, 4) is 10.4 Å². The number of amides is 1. The third kappa shape index (κ3) is 4.14. The molecule has 2 aromatic heterocycles. The van der Waals surface area contributed by atoms with E-state index in [4.69, 9.17) is 0 Å². The molecule has 0 radical (unpaired) electrons. The van der Waals surface area contributed by atoms with Crippen LogP contribution in [0.3, 0.4) is 0 Å². The van der Waals surface area contributed by atoms with Crippen LogP contribution in [-0.2, 0) is 4.79 Å². The van der Waals surface area contributed by atoms with Crippen molar-refractivity contribution in [1.29, 1.82) is 0 Å². The number of fused-ring (bicyclic) bond motifs is 1. The number of hydrogen-bond donors (Lipinski definition) is 1. The molecule has 25 heavy (non-hydrogen) atoms. The third-order valence-electron chi connectivity index (χ3n) is 3.97. The van der Waals surface area contributed by atoms with Gasteiger partial charge in [-0.1, -0.05) is 37.3 Å². The molecule has 0 saturated heterocycles. The van der Waals surface area contributed by atoms with E-state index in [1.807, 2.05) is 37.1 Å². The molecule has 0 saturated carbocycles. The Labute approximate surface area is 151 Å². The van der Waals surface area contributed by atoms with Gasteiger partial charge >= 0.3 is 0 Å². The van der Waals surface area contributed by atoms with Crippen molar-refractivity contribution in [3.05, 3.63) is 42.7 Å². The number of carbonyl (C=O) groups is 1. The van der Waals surface area contributed by atoms with Crippen LogP contribution in [0.25, 0.3) is 20.7 Å². The van der Waals surface area contributed by atoms with Crippen LogP contribution in [0.1, 0.15) is 19.8 Å². The maximum absolute atomic E-state index is 11.8. The minimum atomic E-state index is 0.0780. The zero-order valence-corrected chi connectivity index (χ0v) is 15.3. The highest BCUT2D eigenvalue weighted by Crippen LogP contribution is 2.35. The van der Waals surface area contributed by atoms with E-state index in [9.17, 15) is 4.79 Å². The molecule has 1 aromatic carbocycles. The van der Waals surface area contributed by atoms with Gasteiger partial charge in [-0.2, -0.15) is 0 Å². The van der Waals surface area contributed by atoms with Crippen molar-refractivity contribution in [2.45, 2.75) is 19.8 Å². The molecule has 0 aliphatic carbocycles. The van der Waals surface area contributed by atoms with Crippen LogP contribution in [0.5, 0.6) is 0 Å². The maximum atomic E-state index is 11.8. The molecule has 0 aliphatic rings. The van der Waals surface area contributed by atoms with Gasteiger partial charge in [0.25, 0.3) is 0 Å². The summed E-state index contributed by atoms with van der Waals surface area (Å²) in [5.41, 5.74) is 1.18. The van der Waals surface area contributed by atoms with Gasteiger partial charge in [-0.05, 0) is 18.1 Å². The topological polar surface area (TPSA) is 58.1 Å². The van der Waals surface area contributed by atoms with Crippen molar-refractivity contribution in [2.75, 3.05) is 25.0 Å². The van der Waals surface area contributed by atoms with Crippen LogP contribution in [0.15, 0.2) is 42.7 Å². The SMILES string of the molecule is CCCNC(=O)CCN(C)c1ncnc2sc(-c3ccccc3)cc12. The van der Waals surface area contributed by atoms with E-state index < -0.39 is 0 Å². The lowest BCUT2D eigenvalue weighted by Gasteiger charge is -2.18. The largest absolute Gasteiger partial charge is 0.359 e. The first kappa shape index (κ1) is 17.4. The van der Waals surface area contributed by atoms with Gasteiger partial charge in [-0.3, -0.25) is 4.79 Å². The van der Waals surface area contributed by atoms with E-state index in [1.54, 1.807) is 17.7 Å². The smallest absolute Gasteiger partial charge is 0.221 e. The molecule has 1 N–H and O–H groups in total. The van der Waals surface area contributed by atoms with Crippen molar-refractivity contribution >= 4 is 33.3 Å². The number of nitrogens with one attached hydrogen (secondary N) is 1. The fourth-order valence-corrected chi connectivity index (χ4v) is 3.62. The molecule has 0 spiro atoms. The lowest BCUT2D eigenvalue weighted by atomic mass is 10.2. The highest BCUT2D eigenvalue weighted by atomic mass is 32.1. The Morgan fingerprint density at radius 1 is 1.24 bits per heavy atom. The number of nitrogens with zero attached hydrogens (tertiary/aromatic N) is 3.